The van der Waals surface area contributed by atoms with E-state index in [1.54, 1.807) is 51.1 Å². The highest BCUT2D eigenvalue weighted by molar-refractivity contribution is 6.33. The zero-order chi connectivity index (χ0) is 25.8. The summed E-state index contributed by atoms with van der Waals surface area (Å²) in [6.07, 6.45) is 3.88. The summed E-state index contributed by atoms with van der Waals surface area (Å²) in [4.78, 5) is 27.4. The third-order valence-corrected chi connectivity index (χ3v) is 5.58. The van der Waals surface area contributed by atoms with Crippen molar-refractivity contribution in [3.05, 3.63) is 77.6 Å². The fourth-order valence-electron chi connectivity index (χ4n) is 3.81. The van der Waals surface area contributed by atoms with Crippen LogP contribution in [0.4, 0.5) is 14.9 Å². The van der Waals surface area contributed by atoms with Gasteiger partial charge in [-0.25, -0.2) is 9.18 Å². The van der Waals surface area contributed by atoms with E-state index in [9.17, 15) is 14.0 Å². The van der Waals surface area contributed by atoms with Gasteiger partial charge in [-0.3, -0.25) is 4.79 Å². The van der Waals surface area contributed by atoms with Crippen molar-refractivity contribution in [3.8, 4) is 11.5 Å². The molecule has 0 saturated heterocycles. The molecule has 0 saturated carbocycles. The Bertz CT molecular complexity index is 1140. The number of amides is 2. The lowest BCUT2D eigenvalue weighted by Crippen LogP contribution is -2.54. The van der Waals surface area contributed by atoms with Crippen LogP contribution in [0, 0.1) is 5.82 Å². The molecule has 2 aromatic carbocycles. The summed E-state index contributed by atoms with van der Waals surface area (Å²) in [5, 5.41) is 2.95. The molecule has 0 aliphatic carbocycles. The number of nitrogens with one attached hydrogen (secondary N) is 1. The van der Waals surface area contributed by atoms with E-state index in [4.69, 9.17) is 21.1 Å². The van der Waals surface area contributed by atoms with Crippen molar-refractivity contribution in [1.29, 1.82) is 0 Å². The number of carbonyl (C=O) groups excluding carboxylic acids is 2. The van der Waals surface area contributed by atoms with Crippen LogP contribution in [0.25, 0.3) is 0 Å². The number of fused-ring (bicyclic) bond motifs is 1. The van der Waals surface area contributed by atoms with Crippen molar-refractivity contribution < 1.29 is 23.5 Å². The molecule has 0 radical (unpaired) electrons. The maximum absolute atomic E-state index is 14.1. The van der Waals surface area contributed by atoms with Crippen molar-refractivity contribution >= 4 is 29.3 Å². The number of alkyl carbamates (subject to hydrolysis) is 1. The Morgan fingerprint density at radius 2 is 2.00 bits per heavy atom. The average molecular weight is 501 g/mol. The van der Waals surface area contributed by atoms with E-state index < -0.39 is 23.6 Å². The summed E-state index contributed by atoms with van der Waals surface area (Å²) in [6, 6.07) is 6.87. The third kappa shape index (κ3) is 6.42. The van der Waals surface area contributed by atoms with Gasteiger partial charge in [0.25, 0.3) is 0 Å². The second-order valence-corrected chi connectivity index (χ2v) is 9.61. The number of anilines is 1. The van der Waals surface area contributed by atoms with E-state index in [1.165, 1.54) is 17.0 Å². The van der Waals surface area contributed by atoms with Gasteiger partial charge in [0.15, 0.2) is 5.75 Å². The number of hydrogen-bond donors (Lipinski definition) is 1. The Labute approximate surface area is 210 Å². The summed E-state index contributed by atoms with van der Waals surface area (Å²) < 4.78 is 25.6. The van der Waals surface area contributed by atoms with Crippen LogP contribution in [0.5, 0.6) is 11.5 Å². The van der Waals surface area contributed by atoms with E-state index in [1.807, 2.05) is 0 Å². The first-order valence-corrected chi connectivity index (χ1v) is 11.7. The molecule has 1 N–H and O–H groups in total. The van der Waals surface area contributed by atoms with E-state index in [2.05, 4.69) is 18.5 Å². The van der Waals surface area contributed by atoms with Crippen LogP contribution in [-0.4, -0.2) is 30.2 Å². The Balaban J connectivity index is 2.03. The standard InChI is InChI=1S/C27H30ClFN2O4/c1-6-8-14-31-23-18(15-21(25(31)32)30-26(33)35-27(3,4)5)11-13-20(28)24(23)34-22-16-19(29)12-10-17(22)9-7-2/h6-7,10-13,16,21H,1-2,8-9,14-15H2,3-5H3,(H,30,33)/t21-/m1/s1. The number of hydrogen-bond acceptors (Lipinski definition) is 4. The molecule has 0 bridgehead atoms. The predicted molar refractivity (Wildman–Crippen MR) is 136 cm³/mol. The zero-order valence-corrected chi connectivity index (χ0v) is 21.0. The largest absolute Gasteiger partial charge is 0.453 e. The van der Waals surface area contributed by atoms with Crippen LogP contribution >= 0.6 is 11.6 Å². The predicted octanol–water partition coefficient (Wildman–Crippen LogP) is 6.36. The molecule has 0 aromatic heterocycles. The van der Waals surface area contributed by atoms with E-state index in [0.717, 1.165) is 11.1 Å². The van der Waals surface area contributed by atoms with Crippen molar-refractivity contribution in [2.75, 3.05) is 11.4 Å². The second-order valence-electron chi connectivity index (χ2n) is 9.20. The lowest BCUT2D eigenvalue weighted by atomic mass is 9.96. The summed E-state index contributed by atoms with van der Waals surface area (Å²) in [5.41, 5.74) is 1.25. The molecule has 3 rings (SSSR count). The first kappa shape index (κ1) is 26.3. The van der Waals surface area contributed by atoms with Crippen molar-refractivity contribution in [3.63, 3.8) is 0 Å². The normalized spacial score (nSPS) is 15.3. The first-order valence-electron chi connectivity index (χ1n) is 11.3. The summed E-state index contributed by atoms with van der Waals surface area (Å²) in [5.74, 6) is -0.267. The molecule has 0 spiro atoms. The van der Waals surface area contributed by atoms with Gasteiger partial charge in [-0.15, -0.1) is 13.2 Å². The molecular formula is C27H30ClFN2O4. The van der Waals surface area contributed by atoms with E-state index >= 15 is 0 Å². The number of benzene rings is 2. The first-order chi connectivity index (χ1) is 16.5. The molecule has 186 valence electrons. The molecule has 35 heavy (non-hydrogen) atoms. The summed E-state index contributed by atoms with van der Waals surface area (Å²) >= 11 is 6.53. The van der Waals surface area contributed by atoms with Crippen LogP contribution in [0.3, 0.4) is 0 Å². The highest BCUT2D eigenvalue weighted by Gasteiger charge is 2.37. The quantitative estimate of drug-likeness (QED) is 0.428. The maximum atomic E-state index is 14.1. The highest BCUT2D eigenvalue weighted by Crippen LogP contribution is 2.45. The second kappa shape index (κ2) is 11.0. The maximum Gasteiger partial charge on any atom is 0.408 e. The molecule has 1 aliphatic rings. The average Bonchev–Trinajstić information content (AvgIpc) is 2.76. The summed E-state index contributed by atoms with van der Waals surface area (Å²) in [6.45, 7) is 13.0. The number of carbonyl (C=O) groups is 2. The van der Waals surface area contributed by atoms with Gasteiger partial charge in [-0.2, -0.15) is 0 Å². The molecule has 2 aromatic rings. The lowest BCUT2D eigenvalue weighted by molar-refractivity contribution is -0.121. The van der Waals surface area contributed by atoms with Crippen LogP contribution in [0.1, 0.15) is 38.3 Å². The third-order valence-electron chi connectivity index (χ3n) is 5.28. The van der Waals surface area contributed by atoms with E-state index in [-0.39, 0.29) is 28.8 Å². The van der Waals surface area contributed by atoms with Crippen molar-refractivity contribution in [1.82, 2.24) is 5.32 Å². The van der Waals surface area contributed by atoms with E-state index in [0.29, 0.717) is 25.1 Å². The molecule has 0 unspecified atom stereocenters. The Morgan fingerprint density at radius 1 is 1.26 bits per heavy atom. The molecule has 2 amide bonds. The zero-order valence-electron chi connectivity index (χ0n) is 20.2. The van der Waals surface area contributed by atoms with Crippen LogP contribution in [0.15, 0.2) is 55.6 Å². The van der Waals surface area contributed by atoms with Gasteiger partial charge in [0.2, 0.25) is 5.91 Å². The van der Waals surface area contributed by atoms with Gasteiger partial charge in [-0.1, -0.05) is 35.9 Å². The minimum absolute atomic E-state index is 0.216. The lowest BCUT2D eigenvalue weighted by Gasteiger charge is -2.36. The molecule has 6 nitrogen and oxygen atoms in total. The number of rotatable bonds is 8. The van der Waals surface area contributed by atoms with Gasteiger partial charge < -0.3 is 19.7 Å². The van der Waals surface area contributed by atoms with Crippen LogP contribution < -0.4 is 15.0 Å². The fraction of sp³-hybridized carbons (Fsp3) is 0.333. The molecule has 1 aliphatic heterocycles. The monoisotopic (exact) mass is 500 g/mol. The highest BCUT2D eigenvalue weighted by atomic mass is 35.5. The van der Waals surface area contributed by atoms with Crippen LogP contribution in [0.2, 0.25) is 5.02 Å². The van der Waals surface area contributed by atoms with Crippen LogP contribution in [-0.2, 0) is 22.4 Å². The van der Waals surface area contributed by atoms with Gasteiger partial charge in [-0.05, 0) is 56.9 Å². The summed E-state index contributed by atoms with van der Waals surface area (Å²) in [7, 11) is 0. The van der Waals surface area contributed by atoms with Gasteiger partial charge in [0.1, 0.15) is 23.2 Å². The minimum atomic E-state index is -0.832. The fourth-order valence-corrected chi connectivity index (χ4v) is 4.00. The molecular weight excluding hydrogens is 471 g/mol. The minimum Gasteiger partial charge on any atom is -0.453 e. The molecule has 1 heterocycles. The van der Waals surface area contributed by atoms with Gasteiger partial charge in [0, 0.05) is 19.0 Å². The number of allylic oxidation sites excluding steroid dienone is 1. The number of ether oxygens (including phenoxy) is 2. The SMILES string of the molecule is C=CCCN1C(=O)[C@H](NC(=O)OC(C)(C)C)Cc2ccc(Cl)c(Oc3cc(F)ccc3CC=C)c21. The Hall–Kier alpha value is -3.32. The Kier molecular flexibility index (Phi) is 8.22. The van der Waals surface area contributed by atoms with Crippen molar-refractivity contribution in [2.45, 2.75) is 51.7 Å². The van der Waals surface area contributed by atoms with Crippen molar-refractivity contribution in [2.24, 2.45) is 0 Å². The van der Waals surface area contributed by atoms with Gasteiger partial charge in [0.05, 0.1) is 10.7 Å². The molecule has 0 fully saturated rings. The van der Waals surface area contributed by atoms with Gasteiger partial charge >= 0.3 is 6.09 Å². The smallest absolute Gasteiger partial charge is 0.408 e. The molecule has 1 atom stereocenters. The molecule has 8 heteroatoms. The Morgan fingerprint density at radius 3 is 2.66 bits per heavy atom. The number of halogens is 2. The topological polar surface area (TPSA) is 67.9 Å². The number of nitrogens with zero attached hydrogens (tertiary/aromatic N) is 1.